The Kier molecular flexibility index (Phi) is 14.0. The van der Waals surface area contributed by atoms with Crippen LogP contribution >= 0.6 is 7.26 Å². The van der Waals surface area contributed by atoms with Crippen molar-refractivity contribution in [3.8, 4) is 11.5 Å². The van der Waals surface area contributed by atoms with Crippen molar-refractivity contribution >= 4 is 33.3 Å². The molecule has 7 heteroatoms. The lowest BCUT2D eigenvalue weighted by Gasteiger charge is -2.27. The molecule has 0 aliphatic rings. The van der Waals surface area contributed by atoms with E-state index in [0.29, 0.717) is 13.2 Å². The summed E-state index contributed by atoms with van der Waals surface area (Å²) in [6, 6.07) is 57.9. The molecule has 0 heterocycles. The van der Waals surface area contributed by atoms with E-state index in [1.54, 1.807) is 12.1 Å². The number of ether oxygens (including phenoxy) is 2. The first-order valence-electron chi connectivity index (χ1n) is 17.3. The zero-order valence-electron chi connectivity index (χ0n) is 29.0. The van der Waals surface area contributed by atoms with Crippen molar-refractivity contribution in [2.75, 3.05) is 19.4 Å². The van der Waals surface area contributed by atoms with Crippen LogP contribution in [0.15, 0.2) is 175 Å². The molecule has 0 unspecified atom stereocenters. The van der Waals surface area contributed by atoms with Gasteiger partial charge in [0.1, 0.15) is 44.8 Å². The number of hydrogen-bond donors (Lipinski definition) is 0. The van der Waals surface area contributed by atoms with Crippen LogP contribution in [0.25, 0.3) is 0 Å². The van der Waals surface area contributed by atoms with E-state index in [1.807, 2.05) is 37.3 Å². The molecule has 0 fully saturated rings. The first-order chi connectivity index (χ1) is 24.8. The van der Waals surface area contributed by atoms with Gasteiger partial charge in [-0.25, -0.2) is 8.42 Å². The predicted octanol–water partition coefficient (Wildman–Crippen LogP) is 8.75. The third-order valence-corrected chi connectivity index (χ3v) is 14.0. The van der Waals surface area contributed by atoms with Crippen LogP contribution in [0.2, 0.25) is 0 Å². The van der Waals surface area contributed by atoms with Crippen LogP contribution in [-0.2, 0) is 16.5 Å². The van der Waals surface area contributed by atoms with Gasteiger partial charge in [-0.15, -0.1) is 0 Å². The molecule has 51 heavy (non-hydrogen) atoms. The highest BCUT2D eigenvalue weighted by atomic mass is 32.2. The summed E-state index contributed by atoms with van der Waals surface area (Å²) in [7, 11) is -6.05. The zero-order valence-corrected chi connectivity index (χ0v) is 30.7. The van der Waals surface area contributed by atoms with E-state index in [-0.39, 0.29) is 4.90 Å². The molecular weight excluding hydrogens is 672 g/mol. The van der Waals surface area contributed by atoms with E-state index in [2.05, 4.69) is 115 Å². The number of aryl methyl sites for hydroxylation is 2. The van der Waals surface area contributed by atoms with Crippen LogP contribution in [0.5, 0.6) is 11.5 Å². The number of para-hydroxylation sites is 1. The van der Waals surface area contributed by atoms with Crippen molar-refractivity contribution in [1.29, 1.82) is 0 Å². The molecule has 0 saturated heterocycles. The standard InChI is InChI=1S/C37H38O2P.C7H8O3S/c1-5-17-33(18-6-1)38-29-13-14-30-39-34-27-25-32(26-28-34)16-15-31-40(35-19-7-2-8-20-35,36-21-9-3-10-22-36)37-23-11-4-12-24-37;1-6-2-4-7(5-3-6)11(8,9)10/h1-12,17-28H,13-16,29-31H2;2-5H,1H3,(H,8,9,10)/q+1;/p-1. The normalized spacial score (nSPS) is 11.3. The van der Waals surface area contributed by atoms with Gasteiger partial charge in [-0.05, 0) is 111 Å². The van der Waals surface area contributed by atoms with E-state index in [1.165, 1.54) is 33.6 Å². The van der Waals surface area contributed by atoms with Crippen LogP contribution in [0.1, 0.15) is 30.4 Å². The van der Waals surface area contributed by atoms with Gasteiger partial charge in [0, 0.05) is 0 Å². The lowest BCUT2D eigenvalue weighted by molar-refractivity contribution is 0.266. The first-order valence-corrected chi connectivity index (χ1v) is 20.7. The molecule has 5 nitrogen and oxygen atoms in total. The molecule has 0 bridgehead atoms. The lowest BCUT2D eigenvalue weighted by atomic mass is 10.1. The Morgan fingerprint density at radius 1 is 0.510 bits per heavy atom. The maximum absolute atomic E-state index is 10.4. The molecule has 6 aromatic rings. The van der Waals surface area contributed by atoms with Crippen molar-refractivity contribution in [3.05, 3.63) is 181 Å². The average molecular weight is 717 g/mol. The van der Waals surface area contributed by atoms with E-state index in [0.717, 1.165) is 48.9 Å². The second kappa shape index (κ2) is 19.0. The largest absolute Gasteiger partial charge is 0.744 e. The minimum atomic E-state index is -4.27. The van der Waals surface area contributed by atoms with Crippen LogP contribution < -0.4 is 25.4 Å². The summed E-state index contributed by atoms with van der Waals surface area (Å²) in [5.41, 5.74) is 2.29. The summed E-state index contributed by atoms with van der Waals surface area (Å²) in [4.78, 5) is -0.178. The Bertz CT molecular complexity index is 1870. The fourth-order valence-corrected chi connectivity index (χ4v) is 10.8. The van der Waals surface area contributed by atoms with Gasteiger partial charge in [-0.1, -0.05) is 103 Å². The van der Waals surface area contributed by atoms with Crippen molar-refractivity contribution in [3.63, 3.8) is 0 Å². The van der Waals surface area contributed by atoms with Gasteiger partial charge in [-0.3, -0.25) is 0 Å². The Labute approximate surface area is 304 Å². The molecule has 0 aliphatic heterocycles. The molecule has 0 atom stereocenters. The van der Waals surface area contributed by atoms with Gasteiger partial charge in [0.15, 0.2) is 0 Å². The predicted molar refractivity (Wildman–Crippen MR) is 211 cm³/mol. The molecule has 0 radical (unpaired) electrons. The third-order valence-electron chi connectivity index (χ3n) is 8.60. The van der Waals surface area contributed by atoms with Gasteiger partial charge in [0.05, 0.1) is 24.3 Å². The first kappa shape index (κ1) is 37.5. The average Bonchev–Trinajstić information content (AvgIpc) is 3.17. The summed E-state index contributed by atoms with van der Waals surface area (Å²) in [5, 5.41) is 4.35. The second-order valence-electron chi connectivity index (χ2n) is 12.3. The molecule has 0 spiro atoms. The Hall–Kier alpha value is -4.74. The van der Waals surface area contributed by atoms with Crippen molar-refractivity contribution < 1.29 is 22.4 Å². The SMILES string of the molecule is Cc1ccc(S(=O)(=O)[O-])cc1.c1ccc(OCCCCOc2ccc(CCC[P+](c3ccccc3)(c3ccccc3)c3ccccc3)cc2)cc1. The van der Waals surface area contributed by atoms with Gasteiger partial charge in [-0.2, -0.15) is 0 Å². The second-order valence-corrected chi connectivity index (χ2v) is 17.3. The van der Waals surface area contributed by atoms with Gasteiger partial charge in [0.25, 0.3) is 0 Å². The molecule has 0 aliphatic carbocycles. The smallest absolute Gasteiger partial charge is 0.124 e. The minimum absolute atomic E-state index is 0.178. The highest BCUT2D eigenvalue weighted by Crippen LogP contribution is 2.55. The van der Waals surface area contributed by atoms with Crippen molar-refractivity contribution in [1.82, 2.24) is 0 Å². The monoisotopic (exact) mass is 716 g/mol. The molecule has 0 N–H and O–H groups in total. The summed E-state index contributed by atoms with van der Waals surface area (Å²) < 4.78 is 42.9. The Morgan fingerprint density at radius 2 is 0.922 bits per heavy atom. The molecule has 0 aromatic heterocycles. The van der Waals surface area contributed by atoms with Crippen LogP contribution in [0.3, 0.4) is 0 Å². The summed E-state index contributed by atoms with van der Waals surface area (Å²) in [5.74, 6) is 1.86. The summed E-state index contributed by atoms with van der Waals surface area (Å²) in [6.45, 7) is 3.24. The lowest BCUT2D eigenvalue weighted by Crippen LogP contribution is -2.33. The van der Waals surface area contributed by atoms with E-state index < -0.39 is 17.4 Å². The quantitative estimate of drug-likeness (QED) is 0.0604. The van der Waals surface area contributed by atoms with Crippen molar-refractivity contribution in [2.24, 2.45) is 0 Å². The Balaban J connectivity index is 0.000000392. The highest BCUT2D eigenvalue weighted by molar-refractivity contribution is 7.95. The third kappa shape index (κ3) is 11.1. The van der Waals surface area contributed by atoms with E-state index in [9.17, 15) is 13.0 Å². The highest BCUT2D eigenvalue weighted by Gasteiger charge is 2.44. The molecule has 6 aromatic carbocycles. The Morgan fingerprint density at radius 3 is 1.35 bits per heavy atom. The fourth-order valence-electron chi connectivity index (χ4n) is 5.96. The number of unbranched alkanes of at least 4 members (excludes halogenated alkanes) is 1. The van der Waals surface area contributed by atoms with Crippen molar-refractivity contribution in [2.45, 2.75) is 37.5 Å². The fraction of sp³-hybridized carbons (Fsp3) is 0.182. The summed E-state index contributed by atoms with van der Waals surface area (Å²) >= 11 is 0. The van der Waals surface area contributed by atoms with Crippen LogP contribution in [0, 0.1) is 6.92 Å². The molecule has 262 valence electrons. The van der Waals surface area contributed by atoms with Gasteiger partial charge >= 0.3 is 0 Å². The maximum atomic E-state index is 10.4. The van der Waals surface area contributed by atoms with Crippen LogP contribution in [0.4, 0.5) is 0 Å². The molecule has 0 amide bonds. The number of hydrogen-bond acceptors (Lipinski definition) is 5. The molecule has 0 saturated carbocycles. The van der Waals surface area contributed by atoms with Crippen LogP contribution in [-0.4, -0.2) is 32.3 Å². The molecular formula is C44H45O5PS. The summed E-state index contributed by atoms with van der Waals surface area (Å²) in [6.07, 6.45) is 5.24. The van der Waals surface area contributed by atoms with E-state index >= 15 is 0 Å². The minimum Gasteiger partial charge on any atom is -0.744 e. The van der Waals surface area contributed by atoms with Gasteiger partial charge < -0.3 is 14.0 Å². The van der Waals surface area contributed by atoms with E-state index in [4.69, 9.17) is 9.47 Å². The van der Waals surface area contributed by atoms with Gasteiger partial charge in [0.2, 0.25) is 0 Å². The zero-order chi connectivity index (χ0) is 35.8. The molecule has 6 rings (SSSR count). The number of rotatable bonds is 15. The topological polar surface area (TPSA) is 75.7 Å². The maximum Gasteiger partial charge on any atom is 0.124 e. The number of benzene rings is 6.